The normalized spacial score (nSPS) is 12.6. The summed E-state index contributed by atoms with van der Waals surface area (Å²) in [6.07, 6.45) is 2.54. The Hall–Kier alpha value is -2.33. The number of benzene rings is 2. The van der Waals surface area contributed by atoms with Gasteiger partial charge in [0.25, 0.3) is 0 Å². The summed E-state index contributed by atoms with van der Waals surface area (Å²) in [7, 11) is 1.45. The van der Waals surface area contributed by atoms with Crippen molar-refractivity contribution in [2.45, 2.75) is 25.3 Å². The van der Waals surface area contributed by atoms with E-state index in [0.717, 1.165) is 41.1 Å². The topological polar surface area (TPSA) is 57.2 Å². The number of unbranched alkanes of at least 4 members (excludes halogenated alkanes) is 1. The molecule has 120 valence electrons. The van der Waals surface area contributed by atoms with E-state index in [9.17, 15) is 4.79 Å². The molecule has 1 aromatic heterocycles. The van der Waals surface area contributed by atoms with E-state index in [1.165, 1.54) is 7.11 Å². The molecule has 0 bridgehead atoms. The van der Waals surface area contributed by atoms with Crippen molar-refractivity contribution in [1.82, 2.24) is 4.57 Å². The van der Waals surface area contributed by atoms with E-state index in [4.69, 9.17) is 10.5 Å². The lowest BCUT2D eigenvalue weighted by Gasteiger charge is -2.19. The van der Waals surface area contributed by atoms with Crippen molar-refractivity contribution in [1.29, 1.82) is 0 Å². The Kier molecular flexibility index (Phi) is 4.63. The first-order chi connectivity index (χ1) is 11.3. The minimum absolute atomic E-state index is 0.200. The predicted molar refractivity (Wildman–Crippen MR) is 93.4 cm³/mol. The molecule has 0 saturated carbocycles. The summed E-state index contributed by atoms with van der Waals surface area (Å²) < 4.78 is 7.19. The van der Waals surface area contributed by atoms with E-state index in [-0.39, 0.29) is 12.0 Å². The van der Waals surface area contributed by atoms with E-state index in [1.54, 1.807) is 0 Å². The molecule has 4 nitrogen and oxygen atoms in total. The molecule has 0 aliphatic rings. The van der Waals surface area contributed by atoms with Crippen molar-refractivity contribution in [3.8, 4) is 0 Å². The van der Waals surface area contributed by atoms with Gasteiger partial charge in [-0.25, -0.2) is 4.79 Å². The van der Waals surface area contributed by atoms with E-state index < -0.39 is 0 Å². The number of carbonyl (C=O) groups excluding carboxylic acids is 1. The summed E-state index contributed by atoms with van der Waals surface area (Å²) >= 11 is 0. The van der Waals surface area contributed by atoms with Gasteiger partial charge in [-0.2, -0.15) is 0 Å². The van der Waals surface area contributed by atoms with Crippen molar-refractivity contribution >= 4 is 27.8 Å². The molecule has 1 atom stereocenters. The van der Waals surface area contributed by atoms with Gasteiger partial charge in [0.2, 0.25) is 0 Å². The fourth-order valence-corrected chi connectivity index (χ4v) is 3.26. The van der Waals surface area contributed by atoms with Gasteiger partial charge in [0, 0.05) is 21.8 Å². The van der Waals surface area contributed by atoms with Crippen LogP contribution in [-0.4, -0.2) is 24.2 Å². The quantitative estimate of drug-likeness (QED) is 0.558. The average molecular weight is 310 g/mol. The van der Waals surface area contributed by atoms with E-state index in [0.29, 0.717) is 6.54 Å². The number of aromatic nitrogens is 1. The van der Waals surface area contributed by atoms with Crippen molar-refractivity contribution in [2.24, 2.45) is 5.73 Å². The van der Waals surface area contributed by atoms with Gasteiger partial charge in [0.15, 0.2) is 0 Å². The van der Waals surface area contributed by atoms with Crippen LogP contribution in [0.5, 0.6) is 0 Å². The number of hydrogen-bond donors (Lipinski definition) is 1. The van der Waals surface area contributed by atoms with Crippen LogP contribution in [-0.2, 0) is 9.53 Å². The first-order valence-electron chi connectivity index (χ1n) is 8.03. The second-order valence-electron chi connectivity index (χ2n) is 5.73. The third-order valence-corrected chi connectivity index (χ3v) is 4.33. The highest BCUT2D eigenvalue weighted by Gasteiger charge is 2.24. The first kappa shape index (κ1) is 15.6. The van der Waals surface area contributed by atoms with Gasteiger partial charge in [-0.1, -0.05) is 36.4 Å². The summed E-state index contributed by atoms with van der Waals surface area (Å²) in [5.74, 6) is -0.200. The van der Waals surface area contributed by atoms with Crippen LogP contribution in [0.25, 0.3) is 21.8 Å². The van der Waals surface area contributed by atoms with Gasteiger partial charge in [-0.15, -0.1) is 0 Å². The van der Waals surface area contributed by atoms with E-state index >= 15 is 0 Å². The van der Waals surface area contributed by atoms with Crippen molar-refractivity contribution in [2.75, 3.05) is 13.7 Å². The van der Waals surface area contributed by atoms with Crippen LogP contribution in [0.4, 0.5) is 0 Å². The van der Waals surface area contributed by atoms with Crippen LogP contribution >= 0.6 is 0 Å². The average Bonchev–Trinajstić information content (AvgIpc) is 2.93. The fraction of sp³-hybridized carbons (Fsp3) is 0.316. The number of carbonyl (C=O) groups is 1. The molecule has 0 radical (unpaired) electrons. The van der Waals surface area contributed by atoms with Crippen LogP contribution in [0.15, 0.2) is 48.5 Å². The molecule has 0 unspecified atom stereocenters. The smallest absolute Gasteiger partial charge is 0.328 e. The highest BCUT2D eigenvalue weighted by atomic mass is 16.5. The van der Waals surface area contributed by atoms with Crippen LogP contribution < -0.4 is 5.73 Å². The van der Waals surface area contributed by atoms with Crippen molar-refractivity contribution in [3.05, 3.63) is 48.5 Å². The molecule has 2 aromatic carbocycles. The Labute approximate surface area is 135 Å². The Morgan fingerprint density at radius 3 is 2.13 bits per heavy atom. The molecule has 0 aliphatic carbocycles. The lowest BCUT2D eigenvalue weighted by atomic mass is 10.1. The zero-order valence-corrected chi connectivity index (χ0v) is 13.4. The molecule has 0 saturated heterocycles. The molecule has 2 N–H and O–H groups in total. The molecule has 4 heteroatoms. The molecule has 1 heterocycles. The lowest BCUT2D eigenvalue weighted by molar-refractivity contribution is -0.144. The van der Waals surface area contributed by atoms with Crippen LogP contribution in [0.3, 0.4) is 0 Å². The number of rotatable bonds is 6. The Balaban J connectivity index is 2.18. The maximum absolute atomic E-state index is 12.4. The number of nitrogens with zero attached hydrogens (tertiary/aromatic N) is 1. The molecule has 23 heavy (non-hydrogen) atoms. The number of nitrogens with two attached hydrogens (primary N) is 1. The van der Waals surface area contributed by atoms with Crippen molar-refractivity contribution in [3.63, 3.8) is 0 Å². The highest BCUT2D eigenvalue weighted by Crippen LogP contribution is 2.33. The van der Waals surface area contributed by atoms with Gasteiger partial charge < -0.3 is 15.0 Å². The number of methoxy groups -OCH3 is 1. The molecule has 0 spiro atoms. The number of para-hydroxylation sites is 2. The standard InChI is InChI=1S/C19H22N2O2/c1-23-19(22)18(12-6-7-13-20)21-16-10-4-2-8-14(16)15-9-3-5-11-17(15)21/h2-5,8-11,18H,6-7,12-13,20H2,1H3/t18-/m0/s1. The third kappa shape index (κ3) is 2.82. The van der Waals surface area contributed by atoms with Gasteiger partial charge in [0.1, 0.15) is 6.04 Å². The molecule has 0 aliphatic heterocycles. The highest BCUT2D eigenvalue weighted by molar-refractivity contribution is 6.08. The molecule has 0 amide bonds. The molecular formula is C19H22N2O2. The molecular weight excluding hydrogens is 288 g/mol. The van der Waals surface area contributed by atoms with Gasteiger partial charge in [-0.3, -0.25) is 0 Å². The second kappa shape index (κ2) is 6.84. The number of fused-ring (bicyclic) bond motifs is 3. The molecule has 3 rings (SSSR count). The Morgan fingerprint density at radius 2 is 1.61 bits per heavy atom. The predicted octanol–water partition coefficient (Wildman–Crippen LogP) is 3.64. The largest absolute Gasteiger partial charge is 0.467 e. The van der Waals surface area contributed by atoms with Gasteiger partial charge >= 0.3 is 5.97 Å². The van der Waals surface area contributed by atoms with Crippen molar-refractivity contribution < 1.29 is 9.53 Å². The number of esters is 1. The lowest BCUT2D eigenvalue weighted by Crippen LogP contribution is -2.21. The maximum Gasteiger partial charge on any atom is 0.328 e. The number of hydrogen-bond acceptors (Lipinski definition) is 3. The van der Waals surface area contributed by atoms with E-state index in [1.807, 2.05) is 24.3 Å². The van der Waals surface area contributed by atoms with Crippen LogP contribution in [0.1, 0.15) is 25.3 Å². The van der Waals surface area contributed by atoms with Crippen LogP contribution in [0, 0.1) is 0 Å². The zero-order valence-electron chi connectivity index (χ0n) is 13.4. The van der Waals surface area contributed by atoms with Gasteiger partial charge in [-0.05, 0) is 37.9 Å². The monoisotopic (exact) mass is 310 g/mol. The van der Waals surface area contributed by atoms with Gasteiger partial charge in [0.05, 0.1) is 7.11 Å². The summed E-state index contributed by atoms with van der Waals surface area (Å²) in [6.45, 7) is 0.640. The maximum atomic E-state index is 12.4. The van der Waals surface area contributed by atoms with E-state index in [2.05, 4.69) is 28.8 Å². The Morgan fingerprint density at radius 1 is 1.04 bits per heavy atom. The summed E-state index contributed by atoms with van der Waals surface area (Å²) in [5.41, 5.74) is 7.73. The SMILES string of the molecule is COC(=O)[C@H](CCCCN)n1c2ccccc2c2ccccc21. The minimum atomic E-state index is -0.323. The third-order valence-electron chi connectivity index (χ3n) is 4.33. The summed E-state index contributed by atoms with van der Waals surface area (Å²) in [5, 5.41) is 2.33. The Bertz CT molecular complexity index is 769. The molecule has 0 fully saturated rings. The first-order valence-corrected chi connectivity index (χ1v) is 8.03. The number of ether oxygens (including phenoxy) is 1. The summed E-state index contributed by atoms with van der Waals surface area (Å²) in [6, 6.07) is 16.1. The fourth-order valence-electron chi connectivity index (χ4n) is 3.26. The molecule has 3 aromatic rings. The van der Waals surface area contributed by atoms with Crippen LogP contribution in [0.2, 0.25) is 0 Å². The zero-order chi connectivity index (χ0) is 16.2. The summed E-state index contributed by atoms with van der Waals surface area (Å²) in [4.78, 5) is 12.4. The second-order valence-corrected chi connectivity index (χ2v) is 5.73. The minimum Gasteiger partial charge on any atom is -0.467 e.